The van der Waals surface area contributed by atoms with E-state index in [0.29, 0.717) is 23.7 Å². The Morgan fingerprint density at radius 2 is 1.66 bits per heavy atom. The number of anilines is 1. The number of hydrazine groups is 1. The van der Waals surface area contributed by atoms with E-state index < -0.39 is 0 Å². The van der Waals surface area contributed by atoms with Crippen molar-refractivity contribution >= 4 is 23.4 Å². The molecule has 3 rings (SSSR count). The zero-order valence-electron chi connectivity index (χ0n) is 16.6. The summed E-state index contributed by atoms with van der Waals surface area (Å²) >= 11 is 0. The summed E-state index contributed by atoms with van der Waals surface area (Å²) < 4.78 is 0. The molecule has 3 amide bonds. The topological polar surface area (TPSA) is 105 Å². The standard InChI is InChI=1S/C22H26N4O3/c1-14(2)15-3-5-16(6-4-15)19(23)13-24-22(29)17-7-9-18(10-8-17)26-21(28)12-11-20(27)25-26/h3-10,14,19H,11-13,23H2,1-2H3,(H,24,29)(H,25,27). The van der Waals surface area contributed by atoms with Gasteiger partial charge in [-0.25, -0.2) is 5.01 Å². The van der Waals surface area contributed by atoms with Crippen molar-refractivity contribution in [2.75, 3.05) is 11.6 Å². The van der Waals surface area contributed by atoms with Crippen LogP contribution < -0.4 is 21.5 Å². The van der Waals surface area contributed by atoms with Gasteiger partial charge < -0.3 is 11.1 Å². The third-order valence-electron chi connectivity index (χ3n) is 4.95. The first-order valence-corrected chi connectivity index (χ1v) is 9.71. The third kappa shape index (κ3) is 5.00. The van der Waals surface area contributed by atoms with Crippen LogP contribution in [0.5, 0.6) is 0 Å². The minimum absolute atomic E-state index is 0.171. The van der Waals surface area contributed by atoms with E-state index in [1.807, 2.05) is 12.1 Å². The Morgan fingerprint density at radius 1 is 1.03 bits per heavy atom. The van der Waals surface area contributed by atoms with Crippen LogP contribution >= 0.6 is 0 Å². The second kappa shape index (κ2) is 8.87. The molecule has 152 valence electrons. The molecule has 0 radical (unpaired) electrons. The van der Waals surface area contributed by atoms with Crippen molar-refractivity contribution in [1.82, 2.24) is 10.7 Å². The summed E-state index contributed by atoms with van der Waals surface area (Å²) in [7, 11) is 0. The number of hydrogen-bond donors (Lipinski definition) is 3. The second-order valence-electron chi connectivity index (χ2n) is 7.45. The minimum atomic E-state index is -0.305. The Kier molecular flexibility index (Phi) is 6.29. The zero-order valence-corrected chi connectivity index (χ0v) is 16.6. The summed E-state index contributed by atoms with van der Waals surface area (Å²) in [5.41, 5.74) is 11.9. The number of rotatable bonds is 6. The van der Waals surface area contributed by atoms with E-state index in [4.69, 9.17) is 5.73 Å². The Labute approximate surface area is 170 Å². The van der Waals surface area contributed by atoms with Crippen LogP contribution in [0.1, 0.15) is 60.1 Å². The van der Waals surface area contributed by atoms with Gasteiger partial charge in [-0.15, -0.1) is 0 Å². The number of amides is 3. The highest BCUT2D eigenvalue weighted by molar-refractivity contribution is 6.01. The first-order chi connectivity index (χ1) is 13.8. The van der Waals surface area contributed by atoms with Gasteiger partial charge in [0, 0.05) is 31.0 Å². The fourth-order valence-electron chi connectivity index (χ4n) is 3.10. The summed E-state index contributed by atoms with van der Waals surface area (Å²) in [5.74, 6) is -0.186. The van der Waals surface area contributed by atoms with Crippen molar-refractivity contribution in [2.45, 2.75) is 38.6 Å². The Bertz CT molecular complexity index is 891. The molecule has 0 spiro atoms. The van der Waals surface area contributed by atoms with Crippen molar-refractivity contribution in [3.05, 3.63) is 65.2 Å². The minimum Gasteiger partial charge on any atom is -0.350 e. The second-order valence-corrected chi connectivity index (χ2v) is 7.45. The van der Waals surface area contributed by atoms with Crippen LogP contribution in [0, 0.1) is 0 Å². The van der Waals surface area contributed by atoms with Gasteiger partial charge in [-0.05, 0) is 41.3 Å². The maximum Gasteiger partial charge on any atom is 0.251 e. The molecule has 1 saturated heterocycles. The number of benzene rings is 2. The van der Waals surface area contributed by atoms with E-state index in [0.717, 1.165) is 5.56 Å². The molecule has 2 aromatic carbocycles. The zero-order chi connectivity index (χ0) is 21.0. The van der Waals surface area contributed by atoms with Crippen molar-refractivity contribution in [3.8, 4) is 0 Å². The van der Waals surface area contributed by atoms with Crippen molar-refractivity contribution in [1.29, 1.82) is 0 Å². The monoisotopic (exact) mass is 394 g/mol. The van der Waals surface area contributed by atoms with E-state index in [1.54, 1.807) is 24.3 Å². The average molecular weight is 394 g/mol. The van der Waals surface area contributed by atoms with E-state index in [1.165, 1.54) is 10.6 Å². The highest BCUT2D eigenvalue weighted by atomic mass is 16.2. The lowest BCUT2D eigenvalue weighted by atomic mass is 9.99. The van der Waals surface area contributed by atoms with Gasteiger partial charge in [-0.1, -0.05) is 38.1 Å². The van der Waals surface area contributed by atoms with Crippen LogP contribution in [-0.2, 0) is 9.59 Å². The summed E-state index contributed by atoms with van der Waals surface area (Å²) in [4.78, 5) is 35.9. The maximum absolute atomic E-state index is 12.4. The van der Waals surface area contributed by atoms with Crippen LogP contribution in [0.2, 0.25) is 0 Å². The van der Waals surface area contributed by atoms with E-state index in [-0.39, 0.29) is 36.6 Å². The molecule has 1 unspecified atom stereocenters. The van der Waals surface area contributed by atoms with Crippen LogP contribution in [0.4, 0.5) is 5.69 Å². The smallest absolute Gasteiger partial charge is 0.251 e. The molecule has 7 heteroatoms. The number of nitrogens with two attached hydrogens (primary N) is 1. The molecule has 1 atom stereocenters. The average Bonchev–Trinajstić information content (AvgIpc) is 2.73. The van der Waals surface area contributed by atoms with E-state index in [9.17, 15) is 14.4 Å². The van der Waals surface area contributed by atoms with Gasteiger partial charge in [0.05, 0.1) is 5.69 Å². The fourth-order valence-corrected chi connectivity index (χ4v) is 3.10. The maximum atomic E-state index is 12.4. The molecule has 0 saturated carbocycles. The van der Waals surface area contributed by atoms with Gasteiger partial charge in [0.15, 0.2) is 0 Å². The predicted molar refractivity (Wildman–Crippen MR) is 111 cm³/mol. The van der Waals surface area contributed by atoms with Crippen molar-refractivity contribution in [2.24, 2.45) is 5.73 Å². The fraction of sp³-hybridized carbons (Fsp3) is 0.318. The first kappa shape index (κ1) is 20.5. The first-order valence-electron chi connectivity index (χ1n) is 9.71. The molecule has 1 heterocycles. The molecular weight excluding hydrogens is 368 g/mol. The molecule has 29 heavy (non-hydrogen) atoms. The van der Waals surface area contributed by atoms with Gasteiger partial charge in [-0.2, -0.15) is 0 Å². The summed E-state index contributed by atoms with van der Waals surface area (Å²) in [6.45, 7) is 4.58. The molecule has 1 fully saturated rings. The molecule has 0 bridgehead atoms. The number of nitrogens with one attached hydrogen (secondary N) is 2. The van der Waals surface area contributed by atoms with E-state index >= 15 is 0 Å². The summed E-state index contributed by atoms with van der Waals surface area (Å²) in [5, 5.41) is 4.05. The molecule has 4 N–H and O–H groups in total. The lowest BCUT2D eigenvalue weighted by Gasteiger charge is -2.27. The van der Waals surface area contributed by atoms with Crippen LogP contribution in [0.3, 0.4) is 0 Å². The largest absolute Gasteiger partial charge is 0.350 e. The number of carbonyl (C=O) groups excluding carboxylic acids is 3. The van der Waals surface area contributed by atoms with Gasteiger partial charge in [-0.3, -0.25) is 19.8 Å². The summed E-state index contributed by atoms with van der Waals surface area (Å²) in [6.07, 6.45) is 0.361. The quantitative estimate of drug-likeness (QED) is 0.700. The SMILES string of the molecule is CC(C)c1ccc(C(N)CNC(=O)c2ccc(N3NC(=O)CCC3=O)cc2)cc1. The van der Waals surface area contributed by atoms with Gasteiger partial charge >= 0.3 is 0 Å². The molecule has 1 aliphatic rings. The summed E-state index contributed by atoms with van der Waals surface area (Å²) in [6, 6.07) is 14.3. The third-order valence-corrected chi connectivity index (χ3v) is 4.95. The van der Waals surface area contributed by atoms with Crippen molar-refractivity contribution < 1.29 is 14.4 Å². The van der Waals surface area contributed by atoms with Gasteiger partial charge in [0.25, 0.3) is 5.91 Å². The Hall–Kier alpha value is -3.19. The van der Waals surface area contributed by atoms with Crippen LogP contribution in [0.25, 0.3) is 0 Å². The van der Waals surface area contributed by atoms with Crippen LogP contribution in [-0.4, -0.2) is 24.3 Å². The molecule has 7 nitrogen and oxygen atoms in total. The molecular formula is C22H26N4O3. The highest BCUT2D eigenvalue weighted by Gasteiger charge is 2.24. The number of hydrogen-bond acceptors (Lipinski definition) is 4. The lowest BCUT2D eigenvalue weighted by Crippen LogP contribution is -2.50. The van der Waals surface area contributed by atoms with Crippen LogP contribution in [0.15, 0.2) is 48.5 Å². The molecule has 0 aliphatic carbocycles. The molecule has 0 aromatic heterocycles. The van der Waals surface area contributed by atoms with Crippen molar-refractivity contribution in [3.63, 3.8) is 0 Å². The lowest BCUT2D eigenvalue weighted by molar-refractivity contribution is -0.130. The van der Waals surface area contributed by atoms with Gasteiger partial charge in [0.1, 0.15) is 0 Å². The van der Waals surface area contributed by atoms with Gasteiger partial charge in [0.2, 0.25) is 11.8 Å². The molecule has 2 aromatic rings. The normalized spacial score (nSPS) is 15.2. The molecule has 1 aliphatic heterocycles. The highest BCUT2D eigenvalue weighted by Crippen LogP contribution is 2.19. The number of carbonyl (C=O) groups is 3. The number of nitrogens with zero attached hydrogens (tertiary/aromatic N) is 1. The Balaban J connectivity index is 1.57. The van der Waals surface area contributed by atoms with E-state index in [2.05, 4.69) is 36.7 Å². The Morgan fingerprint density at radius 3 is 2.28 bits per heavy atom. The predicted octanol–water partition coefficient (Wildman–Crippen LogP) is 2.40.